The fraction of sp³-hybridized carbons (Fsp3) is 0.333. The molecule has 0 radical (unpaired) electrons. The number of nitrogens with one attached hydrogen (secondary N) is 1. The fourth-order valence-electron chi connectivity index (χ4n) is 1.94. The number of likely N-dealkylation sites (N-methyl/N-ethyl adjacent to an activating group) is 1. The maximum Gasteiger partial charge on any atom is 0.0931 e. The van der Waals surface area contributed by atoms with Crippen LogP contribution in [0, 0.1) is 0 Å². The van der Waals surface area contributed by atoms with Crippen LogP contribution in [0.4, 0.5) is 0 Å². The van der Waals surface area contributed by atoms with E-state index in [1.807, 2.05) is 24.3 Å². The lowest BCUT2D eigenvalue weighted by Crippen LogP contribution is -2.32. The maximum absolute atomic E-state index is 6.19. The Kier molecular flexibility index (Phi) is 6.72. The summed E-state index contributed by atoms with van der Waals surface area (Å²) in [6, 6.07) is 12.5. The van der Waals surface area contributed by atoms with Crippen molar-refractivity contribution in [3.63, 3.8) is 0 Å². The molecule has 1 unspecified atom stereocenters. The van der Waals surface area contributed by atoms with Gasteiger partial charge in [-0.15, -0.1) is 23.1 Å². The van der Waals surface area contributed by atoms with Crippen LogP contribution in [-0.2, 0) is 6.42 Å². The molecule has 0 aliphatic heterocycles. The van der Waals surface area contributed by atoms with E-state index in [0.29, 0.717) is 6.04 Å². The normalized spacial score (nSPS) is 12.6. The van der Waals surface area contributed by atoms with Gasteiger partial charge in [-0.3, -0.25) is 0 Å². The van der Waals surface area contributed by atoms with Crippen molar-refractivity contribution in [1.29, 1.82) is 0 Å². The summed E-state index contributed by atoms with van der Waals surface area (Å²) < 4.78 is 0.856. The van der Waals surface area contributed by atoms with Gasteiger partial charge in [-0.25, -0.2) is 0 Å². The lowest BCUT2D eigenvalue weighted by molar-refractivity contribution is 0.576. The Morgan fingerprint density at radius 2 is 2.00 bits per heavy atom. The Labute approximate surface area is 138 Å². The standard InChI is InChI=1S/C15H17Cl2NS2/c1-2-18-11(9-12-7-8-15(17)20-12)10-19-14-6-4-3-5-13(14)16/h3-8,11,18H,2,9-10H2,1H3. The van der Waals surface area contributed by atoms with E-state index in [0.717, 1.165) is 33.0 Å². The van der Waals surface area contributed by atoms with Crippen molar-refractivity contribution in [2.75, 3.05) is 12.3 Å². The second-order valence-corrected chi connectivity index (χ2v) is 7.67. The van der Waals surface area contributed by atoms with Crippen LogP contribution in [0.25, 0.3) is 0 Å². The summed E-state index contributed by atoms with van der Waals surface area (Å²) in [6.45, 7) is 3.10. The lowest BCUT2D eigenvalue weighted by Gasteiger charge is -2.17. The Morgan fingerprint density at radius 1 is 1.20 bits per heavy atom. The third-order valence-corrected chi connectivity index (χ3v) is 5.78. The van der Waals surface area contributed by atoms with Gasteiger partial charge in [0.05, 0.1) is 9.36 Å². The average Bonchev–Trinajstić information content (AvgIpc) is 2.83. The highest BCUT2D eigenvalue weighted by atomic mass is 35.5. The Morgan fingerprint density at radius 3 is 2.65 bits per heavy atom. The van der Waals surface area contributed by atoms with Gasteiger partial charge >= 0.3 is 0 Å². The van der Waals surface area contributed by atoms with Crippen LogP contribution in [0.3, 0.4) is 0 Å². The Balaban J connectivity index is 1.94. The van der Waals surface area contributed by atoms with Crippen LogP contribution in [0.15, 0.2) is 41.3 Å². The molecular formula is C15H17Cl2NS2. The second-order valence-electron chi connectivity index (χ2n) is 4.41. The number of rotatable bonds is 7. The van der Waals surface area contributed by atoms with Crippen molar-refractivity contribution < 1.29 is 0 Å². The van der Waals surface area contributed by atoms with Gasteiger partial charge in [-0.05, 0) is 37.2 Å². The first kappa shape index (κ1) is 16.2. The Bertz CT molecular complexity index is 542. The number of benzene rings is 1. The topological polar surface area (TPSA) is 12.0 Å². The zero-order chi connectivity index (χ0) is 14.4. The van der Waals surface area contributed by atoms with Crippen LogP contribution in [0.5, 0.6) is 0 Å². The summed E-state index contributed by atoms with van der Waals surface area (Å²) in [5.74, 6) is 0.993. The number of thiophene rings is 1. The van der Waals surface area contributed by atoms with Gasteiger partial charge in [0.25, 0.3) is 0 Å². The first-order valence-corrected chi connectivity index (χ1v) is 9.09. The quantitative estimate of drug-likeness (QED) is 0.677. The molecule has 0 spiro atoms. The maximum atomic E-state index is 6.19. The van der Waals surface area contributed by atoms with E-state index in [1.54, 1.807) is 23.1 Å². The summed E-state index contributed by atoms with van der Waals surface area (Å²) in [6.07, 6.45) is 1.00. The number of hydrogen-bond donors (Lipinski definition) is 1. The number of halogens is 2. The largest absolute Gasteiger partial charge is 0.313 e. The molecular weight excluding hydrogens is 329 g/mol. The number of hydrogen-bond acceptors (Lipinski definition) is 3. The molecule has 0 fully saturated rings. The van der Waals surface area contributed by atoms with Gasteiger partial charge in [-0.1, -0.05) is 42.3 Å². The molecule has 1 atom stereocenters. The molecule has 0 amide bonds. The molecule has 0 aliphatic carbocycles. The third-order valence-electron chi connectivity index (χ3n) is 2.85. The van der Waals surface area contributed by atoms with E-state index in [2.05, 4.69) is 24.4 Å². The van der Waals surface area contributed by atoms with Crippen LogP contribution >= 0.6 is 46.3 Å². The first-order chi connectivity index (χ1) is 9.69. The third kappa shape index (κ3) is 4.97. The predicted octanol–water partition coefficient (Wildman–Crippen LogP) is 5.37. The molecule has 0 bridgehead atoms. The predicted molar refractivity (Wildman–Crippen MR) is 92.7 cm³/mol. The van der Waals surface area contributed by atoms with Crippen molar-refractivity contribution in [2.45, 2.75) is 24.3 Å². The zero-order valence-electron chi connectivity index (χ0n) is 11.2. The van der Waals surface area contributed by atoms with Crippen LogP contribution in [0.2, 0.25) is 9.36 Å². The highest BCUT2D eigenvalue weighted by Crippen LogP contribution is 2.28. The molecule has 1 aromatic carbocycles. The van der Waals surface area contributed by atoms with E-state index in [4.69, 9.17) is 23.2 Å². The van der Waals surface area contributed by atoms with Crippen molar-refractivity contribution in [1.82, 2.24) is 5.32 Å². The zero-order valence-corrected chi connectivity index (χ0v) is 14.4. The van der Waals surface area contributed by atoms with Crippen molar-refractivity contribution in [3.8, 4) is 0 Å². The SMILES string of the molecule is CCNC(CSc1ccccc1Cl)Cc1ccc(Cl)s1. The molecule has 2 aromatic rings. The molecule has 5 heteroatoms. The fourth-order valence-corrected chi connectivity index (χ4v) is 4.40. The smallest absolute Gasteiger partial charge is 0.0931 e. The van der Waals surface area contributed by atoms with Gasteiger partial charge in [0.1, 0.15) is 0 Å². The number of thioether (sulfide) groups is 1. The summed E-state index contributed by atoms with van der Waals surface area (Å²) in [5.41, 5.74) is 0. The second kappa shape index (κ2) is 8.30. The van der Waals surface area contributed by atoms with E-state index >= 15 is 0 Å². The minimum Gasteiger partial charge on any atom is -0.313 e. The van der Waals surface area contributed by atoms with Gasteiger partial charge in [0, 0.05) is 21.6 Å². The van der Waals surface area contributed by atoms with Crippen LogP contribution < -0.4 is 5.32 Å². The summed E-state index contributed by atoms with van der Waals surface area (Å²) in [7, 11) is 0. The average molecular weight is 346 g/mol. The molecule has 1 N–H and O–H groups in total. The van der Waals surface area contributed by atoms with E-state index in [1.165, 1.54) is 4.88 Å². The van der Waals surface area contributed by atoms with Gasteiger partial charge in [0.2, 0.25) is 0 Å². The van der Waals surface area contributed by atoms with Crippen molar-refractivity contribution >= 4 is 46.3 Å². The minimum absolute atomic E-state index is 0.427. The van der Waals surface area contributed by atoms with E-state index in [9.17, 15) is 0 Å². The molecule has 1 aromatic heterocycles. The minimum atomic E-state index is 0.427. The van der Waals surface area contributed by atoms with Crippen LogP contribution in [-0.4, -0.2) is 18.3 Å². The molecule has 20 heavy (non-hydrogen) atoms. The summed E-state index contributed by atoms with van der Waals surface area (Å²) in [4.78, 5) is 2.46. The summed E-state index contributed by atoms with van der Waals surface area (Å²) >= 11 is 15.6. The van der Waals surface area contributed by atoms with E-state index in [-0.39, 0.29) is 0 Å². The highest BCUT2D eigenvalue weighted by molar-refractivity contribution is 7.99. The lowest BCUT2D eigenvalue weighted by atomic mass is 10.2. The molecule has 1 heterocycles. The molecule has 0 aliphatic rings. The Hall–Kier alpha value is -0.190. The van der Waals surface area contributed by atoms with Gasteiger partial charge in [-0.2, -0.15) is 0 Å². The van der Waals surface area contributed by atoms with Crippen LogP contribution in [0.1, 0.15) is 11.8 Å². The first-order valence-electron chi connectivity index (χ1n) is 6.54. The molecule has 2 rings (SSSR count). The van der Waals surface area contributed by atoms with Gasteiger partial charge < -0.3 is 5.32 Å². The van der Waals surface area contributed by atoms with E-state index < -0.39 is 0 Å². The molecule has 0 saturated carbocycles. The van der Waals surface area contributed by atoms with Crippen molar-refractivity contribution in [2.24, 2.45) is 0 Å². The van der Waals surface area contributed by atoms with Crippen molar-refractivity contribution in [3.05, 3.63) is 50.6 Å². The van der Waals surface area contributed by atoms with Gasteiger partial charge in [0.15, 0.2) is 0 Å². The molecule has 108 valence electrons. The summed E-state index contributed by atoms with van der Waals surface area (Å²) in [5, 5.41) is 4.36. The molecule has 1 nitrogen and oxygen atoms in total. The molecule has 0 saturated heterocycles. The monoisotopic (exact) mass is 345 g/mol. The highest BCUT2D eigenvalue weighted by Gasteiger charge is 2.11.